The highest BCUT2D eigenvalue weighted by molar-refractivity contribution is 5.36. The van der Waals surface area contributed by atoms with Crippen LogP contribution in [0.3, 0.4) is 0 Å². The van der Waals surface area contributed by atoms with E-state index in [-0.39, 0.29) is 0 Å². The molecule has 0 saturated heterocycles. The van der Waals surface area contributed by atoms with Gasteiger partial charge in [0.05, 0.1) is 0 Å². The molecule has 1 aromatic rings. The normalized spacial score (nSPS) is 19.8. The molecule has 0 fully saturated rings. The van der Waals surface area contributed by atoms with Gasteiger partial charge in [0.1, 0.15) is 0 Å². The lowest BCUT2D eigenvalue weighted by Crippen LogP contribution is -2.27. The maximum absolute atomic E-state index is 2.52. The van der Waals surface area contributed by atoms with E-state index < -0.39 is 0 Å². The second-order valence-electron chi connectivity index (χ2n) is 8.71. The molecule has 0 nitrogen and oxygen atoms in total. The lowest BCUT2D eigenvalue weighted by Gasteiger charge is -2.36. The fourth-order valence-electron chi connectivity index (χ4n) is 4.75. The molecule has 1 aliphatic carbocycles. The predicted molar refractivity (Wildman–Crippen MR) is 112 cm³/mol. The number of fused-ring (bicyclic) bond motifs is 1. The predicted octanol–water partition coefficient (Wildman–Crippen LogP) is 8.37. The minimum atomic E-state index is 0.452. The Kier molecular flexibility index (Phi) is 9.66. The second-order valence-corrected chi connectivity index (χ2v) is 8.71. The van der Waals surface area contributed by atoms with Crippen molar-refractivity contribution in [3.05, 3.63) is 35.4 Å². The summed E-state index contributed by atoms with van der Waals surface area (Å²) >= 11 is 0. The fraction of sp³-hybridized carbons (Fsp3) is 0.760. The van der Waals surface area contributed by atoms with Gasteiger partial charge >= 0.3 is 0 Å². The first kappa shape index (κ1) is 20.5. The molecule has 0 N–H and O–H groups in total. The Morgan fingerprint density at radius 3 is 1.96 bits per heavy atom. The van der Waals surface area contributed by atoms with E-state index in [1.54, 1.807) is 11.1 Å². The molecule has 142 valence electrons. The minimum Gasteiger partial charge on any atom is -0.0654 e. The molecule has 0 heteroatoms. The average molecular weight is 343 g/mol. The molecule has 25 heavy (non-hydrogen) atoms. The Hall–Kier alpha value is -0.780. The van der Waals surface area contributed by atoms with Gasteiger partial charge in [0.25, 0.3) is 0 Å². The van der Waals surface area contributed by atoms with Crippen molar-refractivity contribution in [3.8, 4) is 0 Å². The van der Waals surface area contributed by atoms with Crippen LogP contribution in [-0.2, 0) is 11.8 Å². The van der Waals surface area contributed by atoms with Gasteiger partial charge in [0.15, 0.2) is 0 Å². The lowest BCUT2D eigenvalue weighted by molar-refractivity contribution is 0.350. The van der Waals surface area contributed by atoms with Gasteiger partial charge < -0.3 is 0 Å². The zero-order chi connectivity index (χ0) is 17.8. The van der Waals surface area contributed by atoms with E-state index >= 15 is 0 Å². The fourth-order valence-corrected chi connectivity index (χ4v) is 4.75. The second kappa shape index (κ2) is 11.8. The molecular formula is C25H42. The van der Waals surface area contributed by atoms with E-state index in [0.29, 0.717) is 5.41 Å². The summed E-state index contributed by atoms with van der Waals surface area (Å²) < 4.78 is 0. The van der Waals surface area contributed by atoms with Gasteiger partial charge in [0, 0.05) is 0 Å². The first-order valence-corrected chi connectivity index (χ1v) is 11.3. The molecule has 0 amide bonds. The van der Waals surface area contributed by atoms with Crippen LogP contribution in [0.5, 0.6) is 0 Å². The van der Waals surface area contributed by atoms with Crippen molar-refractivity contribution in [1.82, 2.24) is 0 Å². The van der Waals surface area contributed by atoms with Gasteiger partial charge in [-0.3, -0.25) is 0 Å². The molecule has 1 aliphatic rings. The maximum Gasteiger partial charge on any atom is -0.00724 e. The van der Waals surface area contributed by atoms with Crippen LogP contribution < -0.4 is 0 Å². The van der Waals surface area contributed by atoms with E-state index in [1.165, 1.54) is 103 Å². The Morgan fingerprint density at radius 2 is 1.32 bits per heavy atom. The van der Waals surface area contributed by atoms with E-state index in [0.717, 1.165) is 0 Å². The number of aryl methyl sites for hydroxylation is 1. The summed E-state index contributed by atoms with van der Waals surface area (Å²) in [5.41, 5.74) is 3.73. The summed E-state index contributed by atoms with van der Waals surface area (Å²) in [5.74, 6) is 0. The third-order valence-electron chi connectivity index (χ3n) is 6.42. The van der Waals surface area contributed by atoms with Crippen molar-refractivity contribution in [3.63, 3.8) is 0 Å². The van der Waals surface area contributed by atoms with Crippen LogP contribution in [0, 0.1) is 0 Å². The number of hydrogen-bond donors (Lipinski definition) is 0. The zero-order valence-electron chi connectivity index (χ0n) is 17.1. The van der Waals surface area contributed by atoms with Gasteiger partial charge in [0.2, 0.25) is 0 Å². The standard InChI is InChI=1S/C25H42/c1-3-4-5-6-7-8-9-10-11-12-13-16-21-25(2)22-17-19-23-18-14-15-20-24(23)25/h14-15,18,20H,3-13,16-17,19,21-22H2,1-2H3. The summed E-state index contributed by atoms with van der Waals surface area (Å²) in [5, 5.41) is 0. The van der Waals surface area contributed by atoms with Crippen molar-refractivity contribution in [2.45, 2.75) is 122 Å². The highest BCUT2D eigenvalue weighted by Gasteiger charge is 2.30. The number of rotatable bonds is 13. The quantitative estimate of drug-likeness (QED) is 0.316. The summed E-state index contributed by atoms with van der Waals surface area (Å²) in [6.07, 6.45) is 22.8. The molecule has 1 atom stereocenters. The number of hydrogen-bond acceptors (Lipinski definition) is 0. The lowest BCUT2D eigenvalue weighted by atomic mass is 9.68. The Labute approximate surface area is 157 Å². The smallest absolute Gasteiger partial charge is 0.00724 e. The molecule has 2 rings (SSSR count). The third-order valence-corrected chi connectivity index (χ3v) is 6.42. The molecule has 0 saturated carbocycles. The van der Waals surface area contributed by atoms with Crippen LogP contribution in [-0.4, -0.2) is 0 Å². The molecular weight excluding hydrogens is 300 g/mol. The summed E-state index contributed by atoms with van der Waals surface area (Å²) in [6, 6.07) is 9.21. The molecule has 0 spiro atoms. The van der Waals surface area contributed by atoms with Gasteiger partial charge in [-0.25, -0.2) is 0 Å². The molecule has 1 aromatic carbocycles. The summed E-state index contributed by atoms with van der Waals surface area (Å²) in [6.45, 7) is 4.82. The van der Waals surface area contributed by atoms with Crippen LogP contribution in [0.15, 0.2) is 24.3 Å². The van der Waals surface area contributed by atoms with E-state index in [9.17, 15) is 0 Å². The van der Waals surface area contributed by atoms with Crippen molar-refractivity contribution >= 4 is 0 Å². The Balaban J connectivity index is 1.51. The van der Waals surface area contributed by atoms with Crippen LogP contribution >= 0.6 is 0 Å². The van der Waals surface area contributed by atoms with E-state index in [4.69, 9.17) is 0 Å². The third kappa shape index (κ3) is 7.16. The van der Waals surface area contributed by atoms with Gasteiger partial charge in [-0.2, -0.15) is 0 Å². The Bertz CT molecular complexity index is 461. The van der Waals surface area contributed by atoms with E-state index in [1.807, 2.05) is 0 Å². The van der Waals surface area contributed by atoms with E-state index in [2.05, 4.69) is 38.1 Å². The Morgan fingerprint density at radius 1 is 0.760 bits per heavy atom. The first-order chi connectivity index (χ1) is 12.3. The molecule has 0 aromatic heterocycles. The van der Waals surface area contributed by atoms with Crippen molar-refractivity contribution < 1.29 is 0 Å². The zero-order valence-corrected chi connectivity index (χ0v) is 17.1. The largest absolute Gasteiger partial charge is 0.0654 e. The maximum atomic E-state index is 2.52. The summed E-state index contributed by atoms with van der Waals surface area (Å²) in [7, 11) is 0. The molecule has 1 unspecified atom stereocenters. The minimum absolute atomic E-state index is 0.452. The molecule has 0 bridgehead atoms. The van der Waals surface area contributed by atoms with Crippen LogP contribution in [0.1, 0.15) is 121 Å². The first-order valence-electron chi connectivity index (χ1n) is 11.3. The SMILES string of the molecule is CCCCCCCCCCCCCCC1(C)CCCc2ccccc21. The molecule has 0 aliphatic heterocycles. The molecule has 0 heterocycles. The topological polar surface area (TPSA) is 0 Å². The van der Waals surface area contributed by atoms with Crippen molar-refractivity contribution in [1.29, 1.82) is 0 Å². The van der Waals surface area contributed by atoms with Gasteiger partial charge in [-0.1, -0.05) is 115 Å². The van der Waals surface area contributed by atoms with Crippen LogP contribution in [0.25, 0.3) is 0 Å². The van der Waals surface area contributed by atoms with Crippen LogP contribution in [0.2, 0.25) is 0 Å². The van der Waals surface area contributed by atoms with Crippen molar-refractivity contribution in [2.24, 2.45) is 0 Å². The van der Waals surface area contributed by atoms with Crippen LogP contribution in [0.4, 0.5) is 0 Å². The number of unbranched alkanes of at least 4 members (excludes halogenated alkanes) is 11. The van der Waals surface area contributed by atoms with Gasteiger partial charge in [-0.05, 0) is 42.2 Å². The van der Waals surface area contributed by atoms with Crippen molar-refractivity contribution in [2.75, 3.05) is 0 Å². The highest BCUT2D eigenvalue weighted by atomic mass is 14.3. The monoisotopic (exact) mass is 342 g/mol. The summed E-state index contributed by atoms with van der Waals surface area (Å²) in [4.78, 5) is 0. The number of benzene rings is 1. The average Bonchev–Trinajstić information content (AvgIpc) is 2.63. The highest BCUT2D eigenvalue weighted by Crippen LogP contribution is 2.40. The van der Waals surface area contributed by atoms with Gasteiger partial charge in [-0.15, -0.1) is 0 Å². The molecule has 0 radical (unpaired) electrons.